The van der Waals surface area contributed by atoms with Crippen LogP contribution in [0.1, 0.15) is 42.3 Å². The van der Waals surface area contributed by atoms with Gasteiger partial charge in [-0.05, 0) is 46.9 Å². The number of esters is 1. The van der Waals surface area contributed by atoms with Crippen molar-refractivity contribution in [2.24, 2.45) is 0 Å². The molecule has 0 aliphatic heterocycles. The lowest BCUT2D eigenvalue weighted by Crippen LogP contribution is -2.13. The predicted molar refractivity (Wildman–Crippen MR) is 138 cm³/mol. The van der Waals surface area contributed by atoms with E-state index < -0.39 is 21.7 Å². The van der Waals surface area contributed by atoms with Crippen LogP contribution < -0.4 is 14.8 Å². The van der Waals surface area contributed by atoms with Gasteiger partial charge in [0.1, 0.15) is 11.6 Å². The number of aromatic nitrogens is 2. The number of nitriles is 1. The minimum absolute atomic E-state index is 0.0511. The fraction of sp³-hybridized carbons (Fsp3) is 0.240. The number of ether oxygens (including phenoxy) is 2. The molecule has 0 unspecified atom stereocenters. The maximum absolute atomic E-state index is 12.6. The number of hydrogen-bond donors (Lipinski definition) is 1. The molecule has 1 aromatic heterocycles. The predicted octanol–water partition coefficient (Wildman–Crippen LogP) is 4.01. The van der Waals surface area contributed by atoms with E-state index in [9.17, 15) is 23.3 Å². The number of anilines is 1. The minimum Gasteiger partial charge on any atom is -0.493 e. The molecule has 12 heteroatoms. The Bertz CT molecular complexity index is 1510. The van der Waals surface area contributed by atoms with Gasteiger partial charge in [-0.2, -0.15) is 5.26 Å². The normalized spacial score (nSPS) is 11.9. The van der Waals surface area contributed by atoms with Crippen LogP contribution in [0.3, 0.4) is 0 Å². The molecule has 3 rings (SSSR count). The third-order valence-corrected chi connectivity index (χ3v) is 7.50. The van der Waals surface area contributed by atoms with Gasteiger partial charge >= 0.3 is 5.97 Å². The second-order valence-electron chi connectivity index (χ2n) is 8.90. The van der Waals surface area contributed by atoms with Gasteiger partial charge in [0.25, 0.3) is 5.91 Å². The van der Waals surface area contributed by atoms with Crippen molar-refractivity contribution in [2.75, 3.05) is 18.7 Å². The minimum atomic E-state index is -3.57. The lowest BCUT2D eigenvalue weighted by Gasteiger charge is -2.19. The number of amides is 1. The summed E-state index contributed by atoms with van der Waals surface area (Å²) in [7, 11) is -2.18. The van der Waals surface area contributed by atoms with Crippen LogP contribution in [0.2, 0.25) is 0 Å². The van der Waals surface area contributed by atoms with E-state index in [0.29, 0.717) is 22.5 Å². The highest BCUT2D eigenvalue weighted by atomic mass is 32.2. The van der Waals surface area contributed by atoms with Crippen LogP contribution in [0.5, 0.6) is 11.5 Å². The van der Waals surface area contributed by atoms with Gasteiger partial charge in [-0.15, -0.1) is 10.2 Å². The third-order valence-electron chi connectivity index (χ3n) is 5.00. The number of sulfone groups is 1. The lowest BCUT2D eigenvalue weighted by molar-refractivity contribution is -0.112. The zero-order valence-electron chi connectivity index (χ0n) is 20.7. The van der Waals surface area contributed by atoms with Crippen molar-refractivity contribution < 1.29 is 27.5 Å². The fourth-order valence-electron chi connectivity index (χ4n) is 3.01. The van der Waals surface area contributed by atoms with Crippen LogP contribution in [0.25, 0.3) is 6.08 Å². The summed E-state index contributed by atoms with van der Waals surface area (Å²) in [6.45, 7) is 6.23. The van der Waals surface area contributed by atoms with Crippen molar-refractivity contribution >= 4 is 44.3 Å². The summed E-state index contributed by atoms with van der Waals surface area (Å²) in [6.07, 6.45) is 2.27. The molecule has 37 heavy (non-hydrogen) atoms. The average Bonchev–Trinajstić information content (AvgIpc) is 3.31. The number of benzene rings is 2. The van der Waals surface area contributed by atoms with E-state index in [2.05, 4.69) is 36.3 Å². The van der Waals surface area contributed by atoms with Gasteiger partial charge < -0.3 is 9.47 Å². The fourth-order valence-corrected chi connectivity index (χ4v) is 4.52. The highest BCUT2D eigenvalue weighted by Crippen LogP contribution is 2.30. The van der Waals surface area contributed by atoms with E-state index in [1.54, 1.807) is 24.3 Å². The van der Waals surface area contributed by atoms with E-state index in [1.165, 1.54) is 25.3 Å². The quantitative estimate of drug-likeness (QED) is 0.154. The SMILES string of the molecule is COc1cc(C=C(C#N)C(=O)Nc2nnc(S(C)(=O)=O)s2)ccc1OC(=O)c1ccc(C(C)(C)C)cc1. The summed E-state index contributed by atoms with van der Waals surface area (Å²) in [6, 6.07) is 13.5. The van der Waals surface area contributed by atoms with Crippen molar-refractivity contribution in [3.8, 4) is 17.6 Å². The third kappa shape index (κ3) is 6.99. The van der Waals surface area contributed by atoms with Crippen LogP contribution in [-0.4, -0.2) is 43.9 Å². The highest BCUT2D eigenvalue weighted by Gasteiger charge is 2.19. The Balaban J connectivity index is 1.77. The molecule has 0 radical (unpaired) electrons. The first-order valence-electron chi connectivity index (χ1n) is 10.8. The smallest absolute Gasteiger partial charge is 0.343 e. The number of rotatable bonds is 7. The number of hydrogen-bond acceptors (Lipinski definition) is 10. The molecular weight excluding hydrogens is 516 g/mol. The van der Waals surface area contributed by atoms with Gasteiger partial charge in [-0.1, -0.05) is 50.3 Å². The van der Waals surface area contributed by atoms with E-state index in [-0.39, 0.29) is 32.0 Å². The Hall–Kier alpha value is -4.08. The molecule has 192 valence electrons. The standard InChI is InChI=1S/C25H24N4O6S2/c1-25(2,3)18-9-7-16(8-10-18)22(31)35-19-11-6-15(13-20(19)34-4)12-17(14-26)21(30)27-23-28-29-24(36-23)37(5,32)33/h6-13H,1-5H3,(H,27,28,30). The Morgan fingerprint density at radius 1 is 1.08 bits per heavy atom. The monoisotopic (exact) mass is 540 g/mol. The Labute approximate surface area is 218 Å². The first-order chi connectivity index (χ1) is 17.3. The largest absolute Gasteiger partial charge is 0.493 e. The van der Waals surface area contributed by atoms with Crippen LogP contribution in [-0.2, 0) is 20.0 Å². The molecular formula is C25H24N4O6S2. The van der Waals surface area contributed by atoms with Gasteiger partial charge in [-0.25, -0.2) is 13.2 Å². The van der Waals surface area contributed by atoms with Crippen molar-refractivity contribution in [1.82, 2.24) is 10.2 Å². The molecule has 10 nitrogen and oxygen atoms in total. The van der Waals surface area contributed by atoms with Gasteiger partial charge in [0, 0.05) is 6.26 Å². The molecule has 2 aromatic carbocycles. The van der Waals surface area contributed by atoms with Gasteiger partial charge in [0.2, 0.25) is 19.3 Å². The van der Waals surface area contributed by atoms with Crippen LogP contribution in [0.15, 0.2) is 52.4 Å². The van der Waals surface area contributed by atoms with E-state index in [4.69, 9.17) is 9.47 Å². The summed E-state index contributed by atoms with van der Waals surface area (Å²) >= 11 is 0.669. The van der Waals surface area contributed by atoms with E-state index in [0.717, 1.165) is 11.8 Å². The topological polar surface area (TPSA) is 148 Å². The molecule has 0 fully saturated rings. The Morgan fingerprint density at radius 2 is 1.76 bits per heavy atom. The van der Waals surface area contributed by atoms with Gasteiger partial charge in [0.05, 0.1) is 12.7 Å². The molecule has 1 heterocycles. The molecule has 0 bridgehead atoms. The summed E-state index contributed by atoms with van der Waals surface area (Å²) in [5, 5.41) is 18.9. The molecule has 0 saturated heterocycles. The van der Waals surface area contributed by atoms with Gasteiger partial charge in [-0.3, -0.25) is 10.1 Å². The van der Waals surface area contributed by atoms with Crippen LogP contribution in [0.4, 0.5) is 5.13 Å². The molecule has 0 atom stereocenters. The molecule has 3 aromatic rings. The number of methoxy groups -OCH3 is 1. The first kappa shape index (κ1) is 27.5. The van der Waals surface area contributed by atoms with E-state index >= 15 is 0 Å². The molecule has 0 saturated carbocycles. The summed E-state index contributed by atoms with van der Waals surface area (Å²) in [5.41, 5.74) is 1.55. The first-order valence-corrected chi connectivity index (χ1v) is 13.5. The average molecular weight is 541 g/mol. The zero-order chi connectivity index (χ0) is 27.4. The van der Waals surface area contributed by atoms with Crippen LogP contribution in [0, 0.1) is 11.3 Å². The zero-order valence-corrected chi connectivity index (χ0v) is 22.4. The van der Waals surface area contributed by atoms with Crippen LogP contribution >= 0.6 is 11.3 Å². The van der Waals surface area contributed by atoms with Crippen molar-refractivity contribution in [2.45, 2.75) is 30.5 Å². The van der Waals surface area contributed by atoms with Crippen molar-refractivity contribution in [3.05, 3.63) is 64.7 Å². The van der Waals surface area contributed by atoms with Crippen molar-refractivity contribution in [1.29, 1.82) is 5.26 Å². The second-order valence-corrected chi connectivity index (χ2v) is 12.1. The molecule has 1 N–H and O–H groups in total. The number of carbonyl (C=O) groups is 2. The number of nitrogens with zero attached hydrogens (tertiary/aromatic N) is 3. The molecule has 0 aliphatic carbocycles. The molecule has 0 spiro atoms. The Kier molecular flexibility index (Phi) is 8.10. The molecule has 0 aliphatic rings. The summed E-state index contributed by atoms with van der Waals surface area (Å²) < 4.78 is 33.6. The van der Waals surface area contributed by atoms with E-state index in [1.807, 2.05) is 12.1 Å². The highest BCUT2D eigenvalue weighted by molar-refractivity contribution is 7.92. The molecule has 1 amide bonds. The Morgan fingerprint density at radius 3 is 2.30 bits per heavy atom. The summed E-state index contributed by atoms with van der Waals surface area (Å²) in [4.78, 5) is 25.1. The van der Waals surface area contributed by atoms with Crippen molar-refractivity contribution in [3.63, 3.8) is 0 Å². The number of nitrogens with one attached hydrogen (secondary N) is 1. The maximum Gasteiger partial charge on any atom is 0.343 e. The second kappa shape index (κ2) is 10.9. The maximum atomic E-state index is 12.6. The number of carbonyl (C=O) groups excluding carboxylic acids is 2. The van der Waals surface area contributed by atoms with Gasteiger partial charge in [0.15, 0.2) is 11.5 Å². The summed E-state index contributed by atoms with van der Waals surface area (Å²) in [5.74, 6) is -0.987. The lowest BCUT2D eigenvalue weighted by atomic mass is 9.87.